The van der Waals surface area contributed by atoms with Gasteiger partial charge in [0.1, 0.15) is 5.75 Å². The van der Waals surface area contributed by atoms with Gasteiger partial charge in [-0.1, -0.05) is 24.3 Å². The Kier molecular flexibility index (Phi) is 5.60. The van der Waals surface area contributed by atoms with Crippen molar-refractivity contribution in [3.05, 3.63) is 78.4 Å². The van der Waals surface area contributed by atoms with E-state index < -0.39 is 11.8 Å². The Morgan fingerprint density at radius 3 is 2.21 bits per heavy atom. The molecule has 3 rings (SSSR count). The fourth-order valence-electron chi connectivity index (χ4n) is 2.78. The minimum atomic E-state index is -0.774. The lowest BCUT2D eigenvalue weighted by Crippen LogP contribution is -2.36. The van der Waals surface area contributed by atoms with E-state index in [4.69, 9.17) is 10.5 Å². The van der Waals surface area contributed by atoms with Crippen LogP contribution in [-0.4, -0.2) is 18.9 Å². The molecule has 0 saturated carbocycles. The predicted molar refractivity (Wildman–Crippen MR) is 111 cm³/mol. The van der Waals surface area contributed by atoms with Gasteiger partial charge in [0.05, 0.1) is 12.8 Å². The van der Waals surface area contributed by atoms with Crippen molar-refractivity contribution >= 4 is 34.6 Å². The van der Waals surface area contributed by atoms with Crippen LogP contribution in [0.2, 0.25) is 0 Å². The summed E-state index contributed by atoms with van der Waals surface area (Å²) in [5.74, 6) is -1.02. The average molecular weight is 375 g/mol. The number of carbonyl (C=O) groups is 2. The van der Waals surface area contributed by atoms with E-state index in [1.54, 1.807) is 60.7 Å². The molecule has 0 fully saturated rings. The largest absolute Gasteiger partial charge is 0.495 e. The molecule has 0 aliphatic carbocycles. The van der Waals surface area contributed by atoms with Crippen molar-refractivity contribution in [1.82, 2.24) is 0 Å². The number of para-hydroxylation sites is 1. The lowest BCUT2D eigenvalue weighted by atomic mass is 10.2. The average Bonchev–Trinajstić information content (AvgIpc) is 2.70. The molecule has 142 valence electrons. The molecule has 0 heterocycles. The monoisotopic (exact) mass is 375 g/mol. The zero-order chi connectivity index (χ0) is 20.1. The maximum absolute atomic E-state index is 13.1. The van der Waals surface area contributed by atoms with Crippen LogP contribution in [0.1, 0.15) is 5.56 Å². The van der Waals surface area contributed by atoms with E-state index in [2.05, 4.69) is 5.32 Å². The molecule has 3 N–H and O–H groups in total. The molecule has 3 aromatic rings. The number of nitrogen functional groups attached to an aromatic ring is 1. The second-order valence-electron chi connectivity index (χ2n) is 6.23. The van der Waals surface area contributed by atoms with Crippen LogP contribution in [0.25, 0.3) is 0 Å². The van der Waals surface area contributed by atoms with Gasteiger partial charge in [-0.25, -0.2) is 0 Å². The normalized spacial score (nSPS) is 10.2. The number of hydrogen-bond donors (Lipinski definition) is 2. The Hall–Kier alpha value is -3.80. The van der Waals surface area contributed by atoms with Gasteiger partial charge in [0, 0.05) is 17.1 Å². The second kappa shape index (κ2) is 8.26. The van der Waals surface area contributed by atoms with Crippen molar-refractivity contribution < 1.29 is 14.3 Å². The summed E-state index contributed by atoms with van der Waals surface area (Å²) in [7, 11) is 1.51. The quantitative estimate of drug-likeness (QED) is 0.535. The first-order chi connectivity index (χ1) is 13.5. The van der Waals surface area contributed by atoms with Crippen LogP contribution in [0.15, 0.2) is 72.8 Å². The summed E-state index contributed by atoms with van der Waals surface area (Å²) >= 11 is 0. The molecule has 0 aliphatic heterocycles. The molecule has 28 heavy (non-hydrogen) atoms. The number of rotatable bonds is 4. The van der Waals surface area contributed by atoms with Crippen LogP contribution < -0.4 is 20.7 Å². The van der Waals surface area contributed by atoms with Crippen molar-refractivity contribution in [2.45, 2.75) is 6.92 Å². The molecule has 0 bridgehead atoms. The van der Waals surface area contributed by atoms with Gasteiger partial charge in [-0.05, 0) is 61.0 Å². The lowest BCUT2D eigenvalue weighted by Gasteiger charge is -2.23. The van der Waals surface area contributed by atoms with Crippen molar-refractivity contribution in [2.24, 2.45) is 0 Å². The number of nitrogens with zero attached hydrogens (tertiary/aromatic N) is 1. The highest BCUT2D eigenvalue weighted by atomic mass is 16.5. The van der Waals surface area contributed by atoms with Crippen LogP contribution in [0.3, 0.4) is 0 Å². The van der Waals surface area contributed by atoms with Gasteiger partial charge in [-0.3, -0.25) is 14.5 Å². The van der Waals surface area contributed by atoms with Crippen LogP contribution in [0.5, 0.6) is 5.75 Å². The first kappa shape index (κ1) is 19.0. The van der Waals surface area contributed by atoms with Gasteiger partial charge >= 0.3 is 11.8 Å². The molecule has 6 nitrogen and oxygen atoms in total. The first-order valence-corrected chi connectivity index (χ1v) is 8.70. The summed E-state index contributed by atoms with van der Waals surface area (Å²) < 4.78 is 5.27. The predicted octanol–water partition coefficient (Wildman–Crippen LogP) is 3.89. The second-order valence-corrected chi connectivity index (χ2v) is 6.23. The van der Waals surface area contributed by atoms with Gasteiger partial charge in [-0.2, -0.15) is 0 Å². The van der Waals surface area contributed by atoms with E-state index in [-0.39, 0.29) is 0 Å². The Morgan fingerprint density at radius 1 is 0.929 bits per heavy atom. The molecule has 0 saturated heterocycles. The standard InChI is InChI=1S/C22H21N3O3/c1-15-8-13-20(28-2)19(14-15)24-21(26)22(27)25(17-6-4-3-5-7-17)18-11-9-16(23)10-12-18/h3-14H,23H2,1-2H3,(H,24,26). The van der Waals surface area contributed by atoms with E-state index >= 15 is 0 Å². The van der Waals surface area contributed by atoms with E-state index in [1.807, 2.05) is 19.1 Å². The van der Waals surface area contributed by atoms with Gasteiger partial charge in [0.15, 0.2) is 0 Å². The van der Waals surface area contributed by atoms with Crippen molar-refractivity contribution in [3.63, 3.8) is 0 Å². The third-order valence-corrected chi connectivity index (χ3v) is 4.17. The van der Waals surface area contributed by atoms with E-state index in [1.165, 1.54) is 12.0 Å². The topological polar surface area (TPSA) is 84.7 Å². The zero-order valence-electron chi connectivity index (χ0n) is 15.7. The molecule has 0 spiro atoms. The summed E-state index contributed by atoms with van der Waals surface area (Å²) in [6.45, 7) is 1.89. The highest BCUT2D eigenvalue weighted by molar-refractivity contribution is 6.45. The number of amides is 2. The molecule has 6 heteroatoms. The molecular weight excluding hydrogens is 354 g/mol. The molecular formula is C22H21N3O3. The third-order valence-electron chi connectivity index (χ3n) is 4.17. The summed E-state index contributed by atoms with van der Waals surface area (Å²) in [6, 6.07) is 21.1. The Balaban J connectivity index is 1.94. The summed E-state index contributed by atoms with van der Waals surface area (Å²) in [4.78, 5) is 27.2. The van der Waals surface area contributed by atoms with Gasteiger partial charge in [0.25, 0.3) is 0 Å². The van der Waals surface area contributed by atoms with E-state index in [0.29, 0.717) is 28.5 Å². The van der Waals surface area contributed by atoms with Crippen molar-refractivity contribution in [2.75, 3.05) is 23.1 Å². The molecule has 0 radical (unpaired) electrons. The minimum absolute atomic E-state index is 0.436. The van der Waals surface area contributed by atoms with Crippen LogP contribution in [0, 0.1) is 6.92 Å². The molecule has 3 aromatic carbocycles. The highest BCUT2D eigenvalue weighted by Gasteiger charge is 2.25. The van der Waals surface area contributed by atoms with E-state index in [9.17, 15) is 9.59 Å². The summed E-state index contributed by atoms with van der Waals surface area (Å²) in [5, 5.41) is 2.65. The maximum atomic E-state index is 13.1. The van der Waals surface area contributed by atoms with Crippen LogP contribution in [0.4, 0.5) is 22.7 Å². The zero-order valence-corrected chi connectivity index (χ0v) is 15.7. The van der Waals surface area contributed by atoms with Crippen molar-refractivity contribution in [3.8, 4) is 5.75 Å². The number of aryl methyl sites for hydroxylation is 1. The number of ether oxygens (including phenoxy) is 1. The number of nitrogens with one attached hydrogen (secondary N) is 1. The number of carbonyl (C=O) groups excluding carboxylic acids is 2. The van der Waals surface area contributed by atoms with Crippen LogP contribution in [-0.2, 0) is 9.59 Å². The fourth-order valence-corrected chi connectivity index (χ4v) is 2.78. The summed E-state index contributed by atoms with van der Waals surface area (Å²) in [5.41, 5.74) is 8.80. The molecule has 2 amide bonds. The van der Waals surface area contributed by atoms with Crippen molar-refractivity contribution in [1.29, 1.82) is 0 Å². The van der Waals surface area contributed by atoms with Crippen LogP contribution >= 0.6 is 0 Å². The Labute approximate surface area is 163 Å². The smallest absolute Gasteiger partial charge is 0.321 e. The Bertz CT molecular complexity index is 986. The van der Waals surface area contributed by atoms with E-state index in [0.717, 1.165) is 5.56 Å². The van der Waals surface area contributed by atoms with Gasteiger partial charge in [-0.15, -0.1) is 0 Å². The van der Waals surface area contributed by atoms with Gasteiger partial charge < -0.3 is 15.8 Å². The summed E-state index contributed by atoms with van der Waals surface area (Å²) in [6.07, 6.45) is 0. The fraction of sp³-hybridized carbons (Fsp3) is 0.0909. The minimum Gasteiger partial charge on any atom is -0.495 e. The maximum Gasteiger partial charge on any atom is 0.321 e. The lowest BCUT2D eigenvalue weighted by molar-refractivity contribution is -0.134. The number of methoxy groups -OCH3 is 1. The molecule has 0 aromatic heterocycles. The number of hydrogen-bond acceptors (Lipinski definition) is 4. The SMILES string of the molecule is COc1ccc(C)cc1NC(=O)C(=O)N(c1ccccc1)c1ccc(N)cc1. The van der Waals surface area contributed by atoms with Gasteiger partial charge in [0.2, 0.25) is 0 Å². The Morgan fingerprint density at radius 2 is 1.57 bits per heavy atom. The molecule has 0 aliphatic rings. The first-order valence-electron chi connectivity index (χ1n) is 8.70. The molecule has 0 unspecified atom stereocenters. The third kappa shape index (κ3) is 4.12. The number of benzene rings is 3. The molecule has 0 atom stereocenters. The highest BCUT2D eigenvalue weighted by Crippen LogP contribution is 2.28. The number of anilines is 4. The number of nitrogens with two attached hydrogens (primary N) is 1.